The zero-order chi connectivity index (χ0) is 30.6. The second-order valence-electron chi connectivity index (χ2n) is 10.2. The number of ether oxygens (including phenoxy) is 3. The lowest BCUT2D eigenvalue weighted by atomic mass is 10.1. The van der Waals surface area contributed by atoms with E-state index in [0.29, 0.717) is 28.4 Å². The number of hydrogen-bond acceptors (Lipinski definition) is 8. The summed E-state index contributed by atoms with van der Waals surface area (Å²) in [5.41, 5.74) is 3.38. The molecule has 5 aromatic rings. The van der Waals surface area contributed by atoms with Crippen LogP contribution in [0.4, 0.5) is 11.4 Å². The molecule has 44 heavy (non-hydrogen) atoms. The predicted molar refractivity (Wildman–Crippen MR) is 169 cm³/mol. The van der Waals surface area contributed by atoms with Gasteiger partial charge in [0.25, 0.3) is 11.8 Å². The molecule has 4 aromatic carbocycles. The van der Waals surface area contributed by atoms with Gasteiger partial charge in [-0.1, -0.05) is 42.5 Å². The van der Waals surface area contributed by atoms with Gasteiger partial charge in [0.2, 0.25) is 0 Å². The van der Waals surface area contributed by atoms with E-state index in [1.165, 1.54) is 25.6 Å². The maximum atomic E-state index is 13.7. The van der Waals surface area contributed by atoms with E-state index in [9.17, 15) is 14.4 Å². The molecule has 0 radical (unpaired) electrons. The maximum Gasteiger partial charge on any atom is 0.259 e. The van der Waals surface area contributed by atoms with Gasteiger partial charge in [-0.2, -0.15) is 0 Å². The Morgan fingerprint density at radius 1 is 0.864 bits per heavy atom. The smallest absolute Gasteiger partial charge is 0.259 e. The number of epoxide rings is 1. The number of hydrogen-bond donors (Lipinski definition) is 1. The number of anilines is 2. The van der Waals surface area contributed by atoms with Crippen molar-refractivity contribution in [1.29, 1.82) is 0 Å². The quantitative estimate of drug-likeness (QED) is 0.152. The van der Waals surface area contributed by atoms with E-state index in [1.807, 2.05) is 54.6 Å². The number of fused-ring (bicyclic) bond motifs is 1. The summed E-state index contributed by atoms with van der Waals surface area (Å²) in [6.07, 6.45) is -1.69. The summed E-state index contributed by atoms with van der Waals surface area (Å²) in [6, 6.07) is 29.2. The number of benzene rings is 4. The third kappa shape index (κ3) is 6.31. The number of nitrogens with one attached hydrogen (secondary N) is 1. The molecule has 222 valence electrons. The van der Waals surface area contributed by atoms with Crippen molar-refractivity contribution in [3.8, 4) is 11.5 Å². The minimum Gasteiger partial charge on any atom is -0.493 e. The maximum absolute atomic E-state index is 13.7. The number of methoxy groups -OCH3 is 2. The summed E-state index contributed by atoms with van der Waals surface area (Å²) < 4.78 is 17.2. The number of aromatic nitrogens is 1. The third-order valence-electron chi connectivity index (χ3n) is 7.24. The van der Waals surface area contributed by atoms with E-state index in [1.54, 1.807) is 47.4 Å². The fraction of sp³-hybridized carbons (Fsp3) is 0.176. The summed E-state index contributed by atoms with van der Waals surface area (Å²) in [4.78, 5) is 45.9. The summed E-state index contributed by atoms with van der Waals surface area (Å²) in [5, 5.41) is 3.53. The normalized spacial score (nSPS) is 15.4. The number of Topliss-reactive ketones (excluding diaryl/α,β-unsaturated/α-hetero) is 1. The average molecular weight is 608 g/mol. The molecule has 0 aliphatic carbocycles. The van der Waals surface area contributed by atoms with Gasteiger partial charge in [0.15, 0.2) is 29.5 Å². The summed E-state index contributed by atoms with van der Waals surface area (Å²) in [6.45, 7) is 0.266. The van der Waals surface area contributed by atoms with Crippen molar-refractivity contribution in [3.05, 3.63) is 113 Å². The molecular formula is C34H29N3O6S. The Morgan fingerprint density at radius 3 is 2.32 bits per heavy atom. The lowest BCUT2D eigenvalue weighted by molar-refractivity contribution is -0.120. The molecule has 1 saturated heterocycles. The number of para-hydroxylation sites is 1. The van der Waals surface area contributed by atoms with Gasteiger partial charge in [0, 0.05) is 23.0 Å². The number of carbonyl (C=O) groups excluding carboxylic acids is 3. The SMILES string of the molecule is COc1ccc(NC(=O)[C@H]2O[C@@H]2C(=O)N(Cc2ccccc2)c2ccc(C(=O)Cc3nc4ccccc4s3)cc2)cc1OC. The first-order valence-corrected chi connectivity index (χ1v) is 14.8. The molecule has 1 aliphatic rings. The van der Waals surface area contributed by atoms with Crippen molar-refractivity contribution >= 4 is 50.5 Å². The van der Waals surface area contributed by atoms with Gasteiger partial charge in [-0.05, 0) is 54.1 Å². The number of amides is 2. The average Bonchev–Trinajstić information content (AvgIpc) is 3.76. The van der Waals surface area contributed by atoms with Crippen molar-refractivity contribution in [2.75, 3.05) is 24.4 Å². The van der Waals surface area contributed by atoms with Gasteiger partial charge >= 0.3 is 0 Å². The van der Waals surface area contributed by atoms with E-state index >= 15 is 0 Å². The molecule has 1 aliphatic heterocycles. The molecule has 1 fully saturated rings. The fourth-order valence-corrected chi connectivity index (χ4v) is 5.87. The molecule has 0 unspecified atom stereocenters. The third-order valence-corrected chi connectivity index (χ3v) is 8.28. The second-order valence-corrected chi connectivity index (χ2v) is 11.3. The lowest BCUT2D eigenvalue weighted by Gasteiger charge is -2.22. The van der Waals surface area contributed by atoms with Crippen LogP contribution in [0.15, 0.2) is 97.1 Å². The predicted octanol–water partition coefficient (Wildman–Crippen LogP) is 5.68. The van der Waals surface area contributed by atoms with Crippen LogP contribution in [-0.2, 0) is 27.3 Å². The molecule has 9 nitrogen and oxygen atoms in total. The van der Waals surface area contributed by atoms with E-state index in [4.69, 9.17) is 14.2 Å². The molecule has 6 rings (SSSR count). The Hall–Kier alpha value is -5.06. The van der Waals surface area contributed by atoms with Gasteiger partial charge in [0.05, 0.1) is 37.4 Å². The Balaban J connectivity index is 1.16. The van der Waals surface area contributed by atoms with Crippen LogP contribution >= 0.6 is 11.3 Å². The van der Waals surface area contributed by atoms with Gasteiger partial charge < -0.3 is 24.4 Å². The minimum atomic E-state index is -0.945. The van der Waals surface area contributed by atoms with Gasteiger partial charge in [-0.25, -0.2) is 4.98 Å². The molecule has 1 N–H and O–H groups in total. The lowest BCUT2D eigenvalue weighted by Crippen LogP contribution is -2.36. The molecule has 2 atom stereocenters. The van der Waals surface area contributed by atoms with E-state index in [2.05, 4.69) is 10.3 Å². The number of nitrogens with zero attached hydrogens (tertiary/aromatic N) is 2. The number of carbonyl (C=O) groups is 3. The summed E-state index contributed by atoms with van der Waals surface area (Å²) >= 11 is 1.51. The largest absolute Gasteiger partial charge is 0.493 e. The molecule has 0 saturated carbocycles. The second kappa shape index (κ2) is 12.7. The zero-order valence-electron chi connectivity index (χ0n) is 24.1. The first-order valence-electron chi connectivity index (χ1n) is 13.9. The molecule has 1 aromatic heterocycles. The highest BCUT2D eigenvalue weighted by atomic mass is 32.1. The first kappa shape index (κ1) is 29.0. The van der Waals surface area contributed by atoms with Crippen molar-refractivity contribution in [2.45, 2.75) is 25.2 Å². The monoisotopic (exact) mass is 607 g/mol. The molecule has 0 spiro atoms. The summed E-state index contributed by atoms with van der Waals surface area (Å²) in [5.74, 6) is 0.141. The van der Waals surface area contributed by atoms with Crippen molar-refractivity contribution < 1.29 is 28.6 Å². The van der Waals surface area contributed by atoms with E-state index < -0.39 is 18.1 Å². The number of thiazole rings is 1. The topological polar surface area (TPSA) is 110 Å². The van der Waals surface area contributed by atoms with Crippen LogP contribution in [0.1, 0.15) is 20.9 Å². The standard InChI is InChI=1S/C34H29N3O6S/c1-41-27-17-14-23(18-28(27)42-2)35-33(39)31-32(43-31)34(40)37(20-21-8-4-3-5-9-21)24-15-12-22(13-16-24)26(38)19-30-36-25-10-6-7-11-29(25)44-30/h3-18,31-32H,19-20H2,1-2H3,(H,35,39)/t31-,32-/m0/s1. The highest BCUT2D eigenvalue weighted by Gasteiger charge is 2.52. The Kier molecular flexibility index (Phi) is 8.36. The van der Waals surface area contributed by atoms with Gasteiger partial charge in [-0.3, -0.25) is 14.4 Å². The molecule has 0 bridgehead atoms. The van der Waals surface area contributed by atoms with Gasteiger partial charge in [0.1, 0.15) is 5.01 Å². The van der Waals surface area contributed by atoms with Crippen LogP contribution in [0.25, 0.3) is 10.2 Å². The highest BCUT2D eigenvalue weighted by molar-refractivity contribution is 7.18. The van der Waals surface area contributed by atoms with Crippen molar-refractivity contribution in [3.63, 3.8) is 0 Å². The highest BCUT2D eigenvalue weighted by Crippen LogP contribution is 2.33. The first-order chi connectivity index (χ1) is 21.4. The van der Waals surface area contributed by atoms with Crippen LogP contribution in [0.2, 0.25) is 0 Å². The molecule has 10 heteroatoms. The Labute approximate surface area is 258 Å². The Morgan fingerprint density at radius 2 is 1.59 bits per heavy atom. The van der Waals surface area contributed by atoms with Crippen molar-refractivity contribution in [1.82, 2.24) is 4.98 Å². The minimum absolute atomic E-state index is 0.0611. The van der Waals surface area contributed by atoms with Crippen molar-refractivity contribution in [2.24, 2.45) is 0 Å². The Bertz CT molecular complexity index is 1790. The van der Waals surface area contributed by atoms with Crippen LogP contribution in [0.3, 0.4) is 0 Å². The summed E-state index contributed by atoms with van der Waals surface area (Å²) in [7, 11) is 3.04. The molecule has 2 heterocycles. The fourth-order valence-electron chi connectivity index (χ4n) is 4.91. The van der Waals surface area contributed by atoms with Gasteiger partial charge in [-0.15, -0.1) is 11.3 Å². The van der Waals surface area contributed by atoms with Crippen LogP contribution < -0.4 is 19.7 Å². The number of ketones is 1. The van der Waals surface area contributed by atoms with E-state index in [-0.39, 0.29) is 24.7 Å². The number of rotatable bonds is 11. The van der Waals surface area contributed by atoms with Crippen LogP contribution in [0, 0.1) is 0 Å². The van der Waals surface area contributed by atoms with Crippen LogP contribution in [-0.4, -0.2) is 49.0 Å². The van der Waals surface area contributed by atoms with Crippen LogP contribution in [0.5, 0.6) is 11.5 Å². The zero-order valence-corrected chi connectivity index (χ0v) is 24.9. The molecular weight excluding hydrogens is 578 g/mol. The van der Waals surface area contributed by atoms with E-state index in [0.717, 1.165) is 20.8 Å². The molecule has 2 amide bonds.